The molecule has 0 aliphatic carbocycles. The summed E-state index contributed by atoms with van der Waals surface area (Å²) in [6, 6.07) is 7.70. The van der Waals surface area contributed by atoms with Crippen LogP contribution in [-0.4, -0.2) is 20.7 Å². The number of carbonyl (C=O) groups excluding carboxylic acids is 1. The molecule has 0 bridgehead atoms. The molecule has 20 heavy (non-hydrogen) atoms. The number of benzene rings is 1. The molecule has 3 aromatic rings. The van der Waals surface area contributed by atoms with Crippen molar-refractivity contribution < 1.29 is 4.79 Å². The summed E-state index contributed by atoms with van der Waals surface area (Å²) >= 11 is 1.39. The van der Waals surface area contributed by atoms with E-state index in [1.165, 1.54) is 11.3 Å². The predicted molar refractivity (Wildman–Crippen MR) is 78.4 cm³/mol. The molecular formula is C13H13N5OS. The topological polar surface area (TPSA) is 85.8 Å². The minimum absolute atomic E-state index is 0.198. The molecule has 0 fully saturated rings. The van der Waals surface area contributed by atoms with Crippen LogP contribution in [-0.2, 0) is 13.6 Å². The second-order valence-electron chi connectivity index (χ2n) is 4.36. The maximum Gasteiger partial charge on any atom is 0.263 e. The van der Waals surface area contributed by atoms with Crippen LogP contribution in [0.4, 0.5) is 5.69 Å². The van der Waals surface area contributed by atoms with Gasteiger partial charge in [-0.05, 0) is 6.07 Å². The number of hydrogen-bond donors (Lipinski definition) is 2. The van der Waals surface area contributed by atoms with Crippen LogP contribution in [0.2, 0.25) is 0 Å². The number of nitrogens with zero attached hydrogens (tertiary/aromatic N) is 3. The summed E-state index contributed by atoms with van der Waals surface area (Å²) < 4.78 is 2.60. The van der Waals surface area contributed by atoms with Crippen molar-refractivity contribution in [3.8, 4) is 0 Å². The smallest absolute Gasteiger partial charge is 0.263 e. The first-order valence-electron chi connectivity index (χ1n) is 6.05. The van der Waals surface area contributed by atoms with Gasteiger partial charge in [0.2, 0.25) is 0 Å². The largest absolute Gasteiger partial charge is 0.397 e. The zero-order valence-corrected chi connectivity index (χ0v) is 11.6. The molecule has 0 radical (unpaired) electrons. The number of anilines is 1. The maximum atomic E-state index is 12.2. The minimum Gasteiger partial charge on any atom is -0.397 e. The van der Waals surface area contributed by atoms with E-state index < -0.39 is 0 Å². The number of rotatable bonds is 3. The number of hydrogen-bond acceptors (Lipinski definition) is 5. The molecule has 0 aliphatic rings. The van der Waals surface area contributed by atoms with Gasteiger partial charge in [0, 0.05) is 17.1 Å². The Kier molecular flexibility index (Phi) is 3.11. The molecule has 0 saturated carbocycles. The normalized spacial score (nSPS) is 10.8. The fraction of sp³-hybridized carbons (Fsp3) is 0.154. The van der Waals surface area contributed by atoms with E-state index in [9.17, 15) is 4.79 Å². The quantitative estimate of drug-likeness (QED) is 0.765. The van der Waals surface area contributed by atoms with Crippen LogP contribution in [0, 0.1) is 0 Å². The zero-order chi connectivity index (χ0) is 14.1. The van der Waals surface area contributed by atoms with E-state index >= 15 is 0 Å². The van der Waals surface area contributed by atoms with Crippen LogP contribution >= 0.6 is 11.3 Å². The molecule has 3 N–H and O–H groups in total. The SMILES string of the molecule is Cn1cnc(CNC(=O)c2sc3ccccc3c2N)n1. The van der Waals surface area contributed by atoms with E-state index in [-0.39, 0.29) is 12.5 Å². The van der Waals surface area contributed by atoms with Crippen molar-refractivity contribution in [2.45, 2.75) is 6.54 Å². The van der Waals surface area contributed by atoms with Crippen molar-refractivity contribution in [2.75, 3.05) is 5.73 Å². The van der Waals surface area contributed by atoms with Gasteiger partial charge in [0.1, 0.15) is 11.2 Å². The van der Waals surface area contributed by atoms with Crippen molar-refractivity contribution in [2.24, 2.45) is 7.05 Å². The summed E-state index contributed by atoms with van der Waals surface area (Å²) in [4.78, 5) is 16.8. The van der Waals surface area contributed by atoms with Gasteiger partial charge in [-0.15, -0.1) is 11.3 Å². The Bertz CT molecular complexity index is 776. The first-order valence-corrected chi connectivity index (χ1v) is 6.86. The number of thiophene rings is 1. The first-order chi connectivity index (χ1) is 9.65. The maximum absolute atomic E-state index is 12.2. The molecule has 102 valence electrons. The monoisotopic (exact) mass is 287 g/mol. The number of aryl methyl sites for hydroxylation is 1. The second-order valence-corrected chi connectivity index (χ2v) is 5.41. The van der Waals surface area contributed by atoms with Crippen LogP contribution in [0.1, 0.15) is 15.5 Å². The number of nitrogens with one attached hydrogen (secondary N) is 1. The lowest BCUT2D eigenvalue weighted by Gasteiger charge is -2.01. The van der Waals surface area contributed by atoms with Gasteiger partial charge in [0.15, 0.2) is 5.82 Å². The van der Waals surface area contributed by atoms with Crippen LogP contribution in [0.25, 0.3) is 10.1 Å². The molecule has 7 heteroatoms. The highest BCUT2D eigenvalue weighted by atomic mass is 32.1. The van der Waals surface area contributed by atoms with E-state index in [2.05, 4.69) is 15.4 Å². The Labute approximate surface area is 119 Å². The molecule has 0 saturated heterocycles. The highest BCUT2D eigenvalue weighted by molar-refractivity contribution is 7.21. The number of carbonyl (C=O) groups is 1. The summed E-state index contributed by atoms with van der Waals surface area (Å²) in [6.07, 6.45) is 1.59. The molecule has 0 atom stereocenters. The summed E-state index contributed by atoms with van der Waals surface area (Å²) in [5, 5.41) is 7.80. The van der Waals surface area contributed by atoms with Gasteiger partial charge in [-0.3, -0.25) is 9.48 Å². The average Bonchev–Trinajstić information content (AvgIpc) is 3.01. The molecule has 2 aromatic heterocycles. The second kappa shape index (κ2) is 4.93. The lowest BCUT2D eigenvalue weighted by molar-refractivity contribution is 0.0955. The molecule has 0 spiro atoms. The van der Waals surface area contributed by atoms with Gasteiger partial charge in [-0.1, -0.05) is 18.2 Å². The number of nitrogens with two attached hydrogens (primary N) is 1. The predicted octanol–water partition coefficient (Wildman–Crippen LogP) is 1.54. The van der Waals surface area contributed by atoms with Crippen LogP contribution in [0.5, 0.6) is 0 Å². The highest BCUT2D eigenvalue weighted by Crippen LogP contribution is 2.33. The van der Waals surface area contributed by atoms with Gasteiger partial charge in [0.25, 0.3) is 5.91 Å². The van der Waals surface area contributed by atoms with Gasteiger partial charge in [-0.2, -0.15) is 5.10 Å². The molecule has 0 aliphatic heterocycles. The zero-order valence-electron chi connectivity index (χ0n) is 10.8. The fourth-order valence-corrected chi connectivity index (χ4v) is 2.98. The van der Waals surface area contributed by atoms with Gasteiger partial charge >= 0.3 is 0 Å². The highest BCUT2D eigenvalue weighted by Gasteiger charge is 2.16. The molecule has 6 nitrogen and oxygen atoms in total. The molecular weight excluding hydrogens is 274 g/mol. The van der Waals surface area contributed by atoms with Crippen molar-refractivity contribution in [1.82, 2.24) is 20.1 Å². The van der Waals surface area contributed by atoms with E-state index in [1.807, 2.05) is 24.3 Å². The molecule has 1 amide bonds. The summed E-state index contributed by atoms with van der Waals surface area (Å²) in [5.74, 6) is 0.372. The third-order valence-corrected chi connectivity index (χ3v) is 4.08. The van der Waals surface area contributed by atoms with Gasteiger partial charge in [-0.25, -0.2) is 4.98 Å². The van der Waals surface area contributed by atoms with E-state index in [0.717, 1.165) is 10.1 Å². The number of fused-ring (bicyclic) bond motifs is 1. The van der Waals surface area contributed by atoms with Crippen LogP contribution < -0.4 is 11.1 Å². The van der Waals surface area contributed by atoms with Crippen LogP contribution in [0.3, 0.4) is 0 Å². The number of amides is 1. The average molecular weight is 287 g/mol. The van der Waals surface area contributed by atoms with Gasteiger partial charge in [0.05, 0.1) is 12.2 Å². The van der Waals surface area contributed by atoms with Crippen molar-refractivity contribution in [3.05, 3.63) is 41.3 Å². The van der Waals surface area contributed by atoms with Crippen molar-refractivity contribution in [1.29, 1.82) is 0 Å². The fourth-order valence-electron chi connectivity index (χ4n) is 1.94. The Morgan fingerprint density at radius 2 is 2.25 bits per heavy atom. The van der Waals surface area contributed by atoms with E-state index in [0.29, 0.717) is 16.4 Å². The summed E-state index contributed by atoms with van der Waals surface area (Å²) in [6.45, 7) is 0.285. The Morgan fingerprint density at radius 3 is 2.95 bits per heavy atom. The summed E-state index contributed by atoms with van der Waals surface area (Å²) in [7, 11) is 1.78. The number of nitrogen functional groups attached to an aromatic ring is 1. The molecule has 1 aromatic carbocycles. The first kappa shape index (κ1) is 12.6. The van der Waals surface area contributed by atoms with Crippen LogP contribution in [0.15, 0.2) is 30.6 Å². The molecule has 0 unspecified atom stereocenters. The number of aromatic nitrogens is 3. The Hall–Kier alpha value is -2.41. The van der Waals surface area contributed by atoms with Gasteiger partial charge < -0.3 is 11.1 Å². The Morgan fingerprint density at radius 1 is 1.45 bits per heavy atom. The summed E-state index contributed by atoms with van der Waals surface area (Å²) in [5.41, 5.74) is 6.55. The molecule has 3 rings (SSSR count). The van der Waals surface area contributed by atoms with Crippen molar-refractivity contribution in [3.63, 3.8) is 0 Å². The molecule has 2 heterocycles. The minimum atomic E-state index is -0.198. The Balaban J connectivity index is 1.80. The third-order valence-electron chi connectivity index (χ3n) is 2.89. The van der Waals surface area contributed by atoms with E-state index in [1.54, 1.807) is 18.1 Å². The third kappa shape index (κ3) is 2.23. The lowest BCUT2D eigenvalue weighted by Crippen LogP contribution is -2.23. The lowest BCUT2D eigenvalue weighted by atomic mass is 10.2. The standard InChI is InChI=1S/C13H13N5OS/c1-18-7-16-10(17-18)6-15-13(19)12-11(14)8-4-2-3-5-9(8)20-12/h2-5,7H,6,14H2,1H3,(H,15,19). The van der Waals surface area contributed by atoms with Crippen molar-refractivity contribution >= 4 is 33.0 Å². The van der Waals surface area contributed by atoms with E-state index in [4.69, 9.17) is 5.73 Å².